The Labute approximate surface area is 158 Å². The van der Waals surface area contributed by atoms with Crippen molar-refractivity contribution in [3.63, 3.8) is 0 Å². The Bertz CT molecular complexity index is 1070. The zero-order chi connectivity index (χ0) is 18.0. The number of anilines is 2. The van der Waals surface area contributed by atoms with Gasteiger partial charge in [-0.2, -0.15) is 4.98 Å². The SMILES string of the molecule is Clc1ncc2n1-c1ccccc1C1=NCN(c3noc(C4CCCO4)n3)N12. The zero-order valence-electron chi connectivity index (χ0n) is 14.1. The summed E-state index contributed by atoms with van der Waals surface area (Å²) in [7, 11) is 0. The van der Waals surface area contributed by atoms with Crippen molar-refractivity contribution in [3.8, 4) is 5.69 Å². The van der Waals surface area contributed by atoms with Crippen molar-refractivity contribution in [2.45, 2.75) is 18.9 Å². The maximum absolute atomic E-state index is 6.36. The van der Waals surface area contributed by atoms with Crippen molar-refractivity contribution in [1.29, 1.82) is 0 Å². The van der Waals surface area contributed by atoms with Gasteiger partial charge in [0, 0.05) is 12.2 Å². The average molecular weight is 384 g/mol. The van der Waals surface area contributed by atoms with E-state index in [0.29, 0.717) is 23.8 Å². The number of aliphatic imine (C=N–C) groups is 1. The van der Waals surface area contributed by atoms with Crippen LogP contribution >= 0.6 is 11.6 Å². The molecule has 1 fully saturated rings. The summed E-state index contributed by atoms with van der Waals surface area (Å²) in [6, 6.07) is 7.95. The van der Waals surface area contributed by atoms with Crippen LogP contribution in [0.1, 0.15) is 30.4 Å². The molecule has 0 bridgehead atoms. The number of nitrogens with zero attached hydrogens (tertiary/aromatic N) is 7. The molecule has 3 aromatic rings. The minimum absolute atomic E-state index is 0.128. The van der Waals surface area contributed by atoms with Crippen LogP contribution in [-0.2, 0) is 4.74 Å². The van der Waals surface area contributed by atoms with Crippen LogP contribution in [0.3, 0.4) is 0 Å². The van der Waals surface area contributed by atoms with Gasteiger partial charge in [0.25, 0.3) is 11.8 Å². The number of amidine groups is 1. The summed E-state index contributed by atoms with van der Waals surface area (Å²) in [5.74, 6) is 2.51. The van der Waals surface area contributed by atoms with Crippen molar-refractivity contribution < 1.29 is 9.26 Å². The van der Waals surface area contributed by atoms with Crippen molar-refractivity contribution in [1.82, 2.24) is 19.7 Å². The highest BCUT2D eigenvalue weighted by molar-refractivity contribution is 6.29. The predicted molar refractivity (Wildman–Crippen MR) is 97.2 cm³/mol. The number of rotatable bonds is 2. The Kier molecular flexibility index (Phi) is 3.12. The Morgan fingerprint density at radius 2 is 2.15 bits per heavy atom. The molecule has 1 unspecified atom stereocenters. The molecule has 27 heavy (non-hydrogen) atoms. The van der Waals surface area contributed by atoms with Gasteiger partial charge in [-0.15, -0.1) is 0 Å². The van der Waals surface area contributed by atoms with E-state index in [2.05, 4.69) is 15.1 Å². The highest BCUT2D eigenvalue weighted by Gasteiger charge is 2.39. The topological polar surface area (TPSA) is 84.8 Å². The minimum Gasteiger partial charge on any atom is -0.368 e. The maximum atomic E-state index is 6.36. The molecular weight excluding hydrogens is 370 g/mol. The van der Waals surface area contributed by atoms with E-state index in [1.807, 2.05) is 38.9 Å². The average Bonchev–Trinajstić information content (AvgIpc) is 3.46. The van der Waals surface area contributed by atoms with Crippen molar-refractivity contribution in [3.05, 3.63) is 47.2 Å². The molecule has 1 saturated heterocycles. The number of hydrazine groups is 1. The van der Waals surface area contributed by atoms with Crippen LogP contribution in [0.4, 0.5) is 11.8 Å². The first-order valence-corrected chi connectivity index (χ1v) is 9.09. The van der Waals surface area contributed by atoms with Gasteiger partial charge in [0.1, 0.15) is 12.8 Å². The standard InChI is InChI=1S/C17H14ClN7O2/c18-16-19-8-13-24(16)11-5-2-1-4-10(11)14-20-9-23(25(13)14)17-21-15(27-22-17)12-6-3-7-26-12/h1-2,4-5,8,12H,3,6-7,9H2. The highest BCUT2D eigenvalue weighted by Crippen LogP contribution is 2.38. The molecule has 5 heterocycles. The number of aromatic nitrogens is 4. The first-order valence-electron chi connectivity index (χ1n) is 8.71. The fourth-order valence-corrected chi connectivity index (χ4v) is 3.98. The number of fused-ring (bicyclic) bond motifs is 6. The quantitative estimate of drug-likeness (QED) is 0.672. The monoisotopic (exact) mass is 383 g/mol. The molecule has 1 aromatic carbocycles. The van der Waals surface area contributed by atoms with E-state index in [1.54, 1.807) is 6.20 Å². The number of imidazole rings is 1. The molecule has 1 atom stereocenters. The van der Waals surface area contributed by atoms with Crippen LogP contribution in [0, 0.1) is 0 Å². The number of hydrogen-bond donors (Lipinski definition) is 0. The molecule has 0 spiro atoms. The van der Waals surface area contributed by atoms with Gasteiger partial charge in [-0.1, -0.05) is 12.1 Å². The molecule has 0 N–H and O–H groups in total. The lowest BCUT2D eigenvalue weighted by Gasteiger charge is -2.33. The molecule has 136 valence electrons. The summed E-state index contributed by atoms with van der Waals surface area (Å²) in [6.07, 6.45) is 3.48. The molecule has 0 aliphatic carbocycles. The Hall–Kier alpha value is -2.91. The van der Waals surface area contributed by atoms with Crippen molar-refractivity contribution >= 4 is 29.2 Å². The lowest BCUT2D eigenvalue weighted by atomic mass is 10.1. The predicted octanol–water partition coefficient (Wildman–Crippen LogP) is 2.72. The summed E-state index contributed by atoms with van der Waals surface area (Å²) < 4.78 is 13.0. The second-order valence-electron chi connectivity index (χ2n) is 6.51. The van der Waals surface area contributed by atoms with Gasteiger partial charge in [-0.3, -0.25) is 4.57 Å². The maximum Gasteiger partial charge on any atom is 0.287 e. The summed E-state index contributed by atoms with van der Waals surface area (Å²) in [5.41, 5.74) is 1.91. The summed E-state index contributed by atoms with van der Waals surface area (Å²) >= 11 is 6.36. The van der Waals surface area contributed by atoms with Crippen LogP contribution < -0.4 is 10.0 Å². The second-order valence-corrected chi connectivity index (χ2v) is 6.84. The van der Waals surface area contributed by atoms with Crippen LogP contribution in [0.15, 0.2) is 40.0 Å². The van der Waals surface area contributed by atoms with Crippen LogP contribution in [0.5, 0.6) is 0 Å². The first-order chi connectivity index (χ1) is 13.3. The Morgan fingerprint density at radius 1 is 1.22 bits per heavy atom. The molecule has 6 rings (SSSR count). The van der Waals surface area contributed by atoms with E-state index < -0.39 is 0 Å². The normalized spacial score (nSPS) is 20.5. The highest BCUT2D eigenvalue weighted by atomic mass is 35.5. The van der Waals surface area contributed by atoms with Gasteiger partial charge in [0.2, 0.25) is 5.28 Å². The number of hydrogen-bond acceptors (Lipinski definition) is 8. The van der Waals surface area contributed by atoms with E-state index in [0.717, 1.165) is 42.4 Å². The largest absolute Gasteiger partial charge is 0.368 e. The van der Waals surface area contributed by atoms with Crippen LogP contribution in [0.2, 0.25) is 5.28 Å². The molecular formula is C17H14ClN7O2. The van der Waals surface area contributed by atoms with Gasteiger partial charge < -0.3 is 9.26 Å². The Balaban J connectivity index is 1.44. The van der Waals surface area contributed by atoms with E-state index in [9.17, 15) is 0 Å². The number of para-hydroxylation sites is 1. The molecule has 3 aliphatic heterocycles. The summed E-state index contributed by atoms with van der Waals surface area (Å²) in [4.78, 5) is 13.5. The van der Waals surface area contributed by atoms with Gasteiger partial charge in [0.15, 0.2) is 11.7 Å². The number of ether oxygens (including phenoxy) is 1. The number of halogens is 1. The Morgan fingerprint density at radius 3 is 3.04 bits per heavy atom. The van der Waals surface area contributed by atoms with Gasteiger partial charge in [-0.25, -0.2) is 20.0 Å². The van der Waals surface area contributed by atoms with E-state index in [-0.39, 0.29) is 6.10 Å². The van der Waals surface area contributed by atoms with E-state index >= 15 is 0 Å². The fraction of sp³-hybridized carbons (Fsp3) is 0.294. The lowest BCUT2D eigenvalue weighted by Crippen LogP contribution is -2.46. The number of benzene rings is 1. The van der Waals surface area contributed by atoms with Gasteiger partial charge in [-0.05, 0) is 41.7 Å². The summed E-state index contributed by atoms with van der Waals surface area (Å²) in [5, 5.41) is 8.30. The van der Waals surface area contributed by atoms with Crippen LogP contribution in [0.25, 0.3) is 5.69 Å². The lowest BCUT2D eigenvalue weighted by molar-refractivity contribution is 0.0835. The fourth-order valence-electron chi connectivity index (χ4n) is 3.75. The summed E-state index contributed by atoms with van der Waals surface area (Å²) in [6.45, 7) is 1.09. The van der Waals surface area contributed by atoms with Crippen molar-refractivity contribution in [2.24, 2.45) is 4.99 Å². The third kappa shape index (κ3) is 2.09. The molecule has 9 nitrogen and oxygen atoms in total. The second kappa shape index (κ2) is 5.54. The van der Waals surface area contributed by atoms with E-state index in [1.165, 1.54) is 0 Å². The molecule has 0 amide bonds. The van der Waals surface area contributed by atoms with Gasteiger partial charge >= 0.3 is 0 Å². The van der Waals surface area contributed by atoms with Crippen molar-refractivity contribution in [2.75, 3.05) is 23.3 Å². The molecule has 0 radical (unpaired) electrons. The smallest absolute Gasteiger partial charge is 0.287 e. The third-order valence-corrected chi connectivity index (χ3v) is 5.23. The molecule has 3 aliphatic rings. The van der Waals surface area contributed by atoms with Crippen LogP contribution in [-0.4, -0.2) is 38.8 Å². The molecule has 10 heteroatoms. The minimum atomic E-state index is -0.128. The van der Waals surface area contributed by atoms with Gasteiger partial charge in [0.05, 0.1) is 11.9 Å². The van der Waals surface area contributed by atoms with E-state index in [4.69, 9.17) is 25.9 Å². The molecule has 2 aromatic heterocycles. The molecule has 0 saturated carbocycles. The third-order valence-electron chi connectivity index (χ3n) is 4.97. The zero-order valence-corrected chi connectivity index (χ0v) is 14.9. The first kappa shape index (κ1) is 15.2.